The Balaban J connectivity index is 1.30. The van der Waals surface area contributed by atoms with Gasteiger partial charge in [0.05, 0.1) is 18.0 Å². The van der Waals surface area contributed by atoms with Crippen LogP contribution in [-0.4, -0.2) is 39.0 Å². The average molecular weight is 405 g/mol. The molecule has 0 saturated heterocycles. The topological polar surface area (TPSA) is 81.9 Å². The standard InChI is InChI=1S/C22H20FN5O2/c1-15-20(26-27-28(15)18-10-8-17(23)9-11-18)22(29)25-13-4-14-30-19-7-2-5-16-6-3-12-24-21(16)19/h2-3,5-12H,4,13-14H2,1H3,(H,25,29). The van der Waals surface area contributed by atoms with E-state index in [1.54, 1.807) is 25.3 Å². The number of ether oxygens (including phenoxy) is 1. The first-order valence-electron chi connectivity index (χ1n) is 9.56. The van der Waals surface area contributed by atoms with Crippen molar-refractivity contribution in [2.75, 3.05) is 13.2 Å². The van der Waals surface area contributed by atoms with Crippen molar-refractivity contribution >= 4 is 16.8 Å². The fourth-order valence-corrected chi connectivity index (χ4v) is 3.10. The SMILES string of the molecule is Cc1c(C(=O)NCCCOc2cccc3cccnc23)nnn1-c1ccc(F)cc1. The van der Waals surface area contributed by atoms with Crippen LogP contribution in [0.15, 0.2) is 60.8 Å². The van der Waals surface area contributed by atoms with Crippen molar-refractivity contribution in [2.45, 2.75) is 13.3 Å². The van der Waals surface area contributed by atoms with Crippen molar-refractivity contribution in [2.24, 2.45) is 0 Å². The third kappa shape index (κ3) is 4.12. The molecule has 7 nitrogen and oxygen atoms in total. The predicted molar refractivity (Wildman–Crippen MR) is 110 cm³/mol. The molecule has 2 aromatic heterocycles. The van der Waals surface area contributed by atoms with E-state index >= 15 is 0 Å². The van der Waals surface area contributed by atoms with Gasteiger partial charge in [-0.05, 0) is 49.7 Å². The zero-order chi connectivity index (χ0) is 20.9. The maximum atomic E-state index is 13.1. The molecule has 4 aromatic rings. The molecule has 2 aromatic carbocycles. The average Bonchev–Trinajstić information content (AvgIpc) is 3.15. The summed E-state index contributed by atoms with van der Waals surface area (Å²) in [6.45, 7) is 2.62. The quantitative estimate of drug-likeness (QED) is 0.476. The number of benzene rings is 2. The van der Waals surface area contributed by atoms with Crippen LogP contribution in [0.3, 0.4) is 0 Å². The van der Waals surface area contributed by atoms with Crippen LogP contribution in [-0.2, 0) is 0 Å². The number of carbonyl (C=O) groups excluding carboxylic acids is 1. The molecule has 30 heavy (non-hydrogen) atoms. The van der Waals surface area contributed by atoms with Gasteiger partial charge in [0, 0.05) is 18.1 Å². The zero-order valence-electron chi connectivity index (χ0n) is 16.4. The van der Waals surface area contributed by atoms with Crippen LogP contribution in [0.25, 0.3) is 16.6 Å². The second-order valence-electron chi connectivity index (χ2n) is 6.70. The zero-order valence-corrected chi connectivity index (χ0v) is 16.4. The fraction of sp³-hybridized carbons (Fsp3) is 0.182. The first kappa shape index (κ1) is 19.5. The summed E-state index contributed by atoms with van der Waals surface area (Å²) in [4.78, 5) is 16.8. The highest BCUT2D eigenvalue weighted by Crippen LogP contribution is 2.22. The van der Waals surface area contributed by atoms with Gasteiger partial charge in [0.15, 0.2) is 5.69 Å². The Morgan fingerprint density at radius 3 is 2.77 bits per heavy atom. The molecule has 0 aliphatic heterocycles. The van der Waals surface area contributed by atoms with Crippen LogP contribution in [0.1, 0.15) is 22.6 Å². The largest absolute Gasteiger partial charge is 0.491 e. The minimum Gasteiger partial charge on any atom is -0.491 e. The van der Waals surface area contributed by atoms with E-state index in [9.17, 15) is 9.18 Å². The first-order valence-corrected chi connectivity index (χ1v) is 9.56. The summed E-state index contributed by atoms with van der Waals surface area (Å²) in [5.74, 6) is 0.0705. The Bertz CT molecular complexity index is 1170. The third-order valence-corrected chi connectivity index (χ3v) is 4.64. The van der Waals surface area contributed by atoms with Gasteiger partial charge in [-0.15, -0.1) is 5.10 Å². The maximum absolute atomic E-state index is 13.1. The lowest BCUT2D eigenvalue weighted by Crippen LogP contribution is -2.26. The molecule has 0 aliphatic rings. The number of aromatic nitrogens is 4. The highest BCUT2D eigenvalue weighted by molar-refractivity contribution is 5.93. The number of pyridine rings is 1. The van der Waals surface area contributed by atoms with Gasteiger partial charge in [-0.3, -0.25) is 9.78 Å². The van der Waals surface area contributed by atoms with Gasteiger partial charge in [-0.25, -0.2) is 9.07 Å². The van der Waals surface area contributed by atoms with Crippen LogP contribution in [0.2, 0.25) is 0 Å². The Hall–Kier alpha value is -3.81. The summed E-state index contributed by atoms with van der Waals surface area (Å²) in [6.07, 6.45) is 2.36. The van der Waals surface area contributed by atoms with Crippen molar-refractivity contribution in [3.05, 3.63) is 78.0 Å². The molecule has 0 fully saturated rings. The number of fused-ring (bicyclic) bond motifs is 1. The van der Waals surface area contributed by atoms with Gasteiger partial charge < -0.3 is 10.1 Å². The van der Waals surface area contributed by atoms with Gasteiger partial charge in [0.25, 0.3) is 5.91 Å². The molecule has 0 saturated carbocycles. The molecular weight excluding hydrogens is 385 g/mol. The number of rotatable bonds is 7. The Labute approximate surface area is 172 Å². The molecule has 0 spiro atoms. The fourth-order valence-electron chi connectivity index (χ4n) is 3.10. The second-order valence-corrected chi connectivity index (χ2v) is 6.70. The number of nitrogens with one attached hydrogen (secondary N) is 1. The summed E-state index contributed by atoms with van der Waals surface area (Å²) < 4.78 is 20.4. The van der Waals surface area contributed by atoms with E-state index < -0.39 is 0 Å². The minimum atomic E-state index is -0.337. The maximum Gasteiger partial charge on any atom is 0.273 e. The van der Waals surface area contributed by atoms with E-state index in [2.05, 4.69) is 20.6 Å². The summed E-state index contributed by atoms with van der Waals surface area (Å²) >= 11 is 0. The van der Waals surface area contributed by atoms with E-state index in [1.807, 2.05) is 30.3 Å². The molecule has 0 aliphatic carbocycles. The van der Waals surface area contributed by atoms with Gasteiger partial charge in [-0.1, -0.05) is 23.4 Å². The van der Waals surface area contributed by atoms with E-state index in [0.29, 0.717) is 31.0 Å². The Morgan fingerprint density at radius 1 is 1.13 bits per heavy atom. The van der Waals surface area contributed by atoms with Crippen molar-refractivity contribution < 1.29 is 13.9 Å². The number of carbonyl (C=O) groups is 1. The third-order valence-electron chi connectivity index (χ3n) is 4.64. The Morgan fingerprint density at radius 2 is 1.93 bits per heavy atom. The number of halogens is 1. The molecule has 1 N–H and O–H groups in total. The van der Waals surface area contributed by atoms with Crippen molar-refractivity contribution in [1.82, 2.24) is 25.3 Å². The van der Waals surface area contributed by atoms with Crippen molar-refractivity contribution in [3.8, 4) is 11.4 Å². The van der Waals surface area contributed by atoms with Crippen molar-refractivity contribution in [3.63, 3.8) is 0 Å². The molecule has 0 unspecified atom stereocenters. The highest BCUT2D eigenvalue weighted by atomic mass is 19.1. The van der Waals surface area contributed by atoms with Crippen LogP contribution in [0.4, 0.5) is 4.39 Å². The summed E-state index contributed by atoms with van der Waals surface area (Å²) in [6, 6.07) is 15.5. The van der Waals surface area contributed by atoms with E-state index in [4.69, 9.17) is 4.74 Å². The predicted octanol–water partition coefficient (Wildman–Crippen LogP) is 3.46. The number of nitrogens with zero attached hydrogens (tertiary/aromatic N) is 4. The van der Waals surface area contributed by atoms with Crippen LogP contribution < -0.4 is 10.1 Å². The molecule has 152 valence electrons. The minimum absolute atomic E-state index is 0.235. The van der Waals surface area contributed by atoms with Crippen LogP contribution >= 0.6 is 0 Å². The highest BCUT2D eigenvalue weighted by Gasteiger charge is 2.17. The van der Waals surface area contributed by atoms with Gasteiger partial charge in [0.1, 0.15) is 17.1 Å². The second kappa shape index (κ2) is 8.69. The molecule has 2 heterocycles. The van der Waals surface area contributed by atoms with Crippen LogP contribution in [0.5, 0.6) is 5.75 Å². The number of hydrogen-bond acceptors (Lipinski definition) is 5. The van der Waals surface area contributed by atoms with Crippen LogP contribution in [0, 0.1) is 12.7 Å². The van der Waals surface area contributed by atoms with Gasteiger partial charge in [-0.2, -0.15) is 0 Å². The summed E-state index contributed by atoms with van der Waals surface area (Å²) in [5, 5.41) is 11.8. The molecule has 0 atom stereocenters. The summed E-state index contributed by atoms with van der Waals surface area (Å²) in [5.41, 5.74) is 2.27. The molecule has 0 radical (unpaired) electrons. The number of para-hydroxylation sites is 1. The van der Waals surface area contributed by atoms with Gasteiger partial charge in [0.2, 0.25) is 0 Å². The van der Waals surface area contributed by atoms with E-state index in [-0.39, 0.29) is 17.4 Å². The number of hydrogen-bond donors (Lipinski definition) is 1. The van der Waals surface area contributed by atoms with Gasteiger partial charge >= 0.3 is 0 Å². The first-order chi connectivity index (χ1) is 14.6. The van der Waals surface area contributed by atoms with E-state index in [1.165, 1.54) is 16.8 Å². The molecule has 8 heteroatoms. The molecular formula is C22H20FN5O2. The normalized spacial score (nSPS) is 10.9. The van der Waals surface area contributed by atoms with E-state index in [0.717, 1.165) is 16.7 Å². The summed E-state index contributed by atoms with van der Waals surface area (Å²) in [7, 11) is 0. The smallest absolute Gasteiger partial charge is 0.273 e. The lowest BCUT2D eigenvalue weighted by atomic mass is 10.2. The molecule has 1 amide bonds. The molecule has 0 bridgehead atoms. The Kier molecular flexibility index (Phi) is 5.65. The number of amides is 1. The lowest BCUT2D eigenvalue weighted by Gasteiger charge is -2.09. The molecule has 4 rings (SSSR count). The monoisotopic (exact) mass is 405 g/mol. The lowest BCUT2D eigenvalue weighted by molar-refractivity contribution is 0.0946. The van der Waals surface area contributed by atoms with Crippen molar-refractivity contribution in [1.29, 1.82) is 0 Å².